The number of amides is 2. The number of aromatic amines is 1. The van der Waals surface area contributed by atoms with Crippen LogP contribution < -0.4 is 15.0 Å². The second-order valence-electron chi connectivity index (χ2n) is 7.68. The number of rotatable bonds is 6. The van der Waals surface area contributed by atoms with E-state index in [9.17, 15) is 9.59 Å². The first-order chi connectivity index (χ1) is 15.0. The lowest BCUT2D eigenvalue weighted by molar-refractivity contribution is -0.126. The molecule has 1 aliphatic heterocycles. The normalized spacial score (nSPS) is 15.9. The van der Waals surface area contributed by atoms with E-state index in [0.29, 0.717) is 18.2 Å². The summed E-state index contributed by atoms with van der Waals surface area (Å²) in [7, 11) is 1.61. The van der Waals surface area contributed by atoms with Crippen LogP contribution in [0.3, 0.4) is 0 Å². The van der Waals surface area contributed by atoms with Crippen molar-refractivity contribution in [1.29, 1.82) is 0 Å². The van der Waals surface area contributed by atoms with Gasteiger partial charge < -0.3 is 15.0 Å². The van der Waals surface area contributed by atoms with E-state index in [1.165, 1.54) is 0 Å². The second-order valence-corrected chi connectivity index (χ2v) is 7.68. The Bertz CT molecular complexity index is 1110. The number of ether oxygens (including phenoxy) is 1. The lowest BCUT2D eigenvalue weighted by atomic mass is 10.1. The molecule has 0 aliphatic carbocycles. The number of nitrogens with one attached hydrogen (secondary N) is 2. The van der Waals surface area contributed by atoms with Crippen molar-refractivity contribution < 1.29 is 14.3 Å². The number of hydrogen-bond donors (Lipinski definition) is 2. The van der Waals surface area contributed by atoms with Gasteiger partial charge in [0.1, 0.15) is 11.6 Å². The maximum absolute atomic E-state index is 12.7. The summed E-state index contributed by atoms with van der Waals surface area (Å²) in [6, 6.07) is 13.3. The molecule has 8 nitrogen and oxygen atoms in total. The van der Waals surface area contributed by atoms with Crippen molar-refractivity contribution in [2.45, 2.75) is 26.8 Å². The molecule has 160 valence electrons. The van der Waals surface area contributed by atoms with E-state index in [1.54, 1.807) is 12.0 Å². The standard InChI is InChI=1S/C23H25N5O3/c1-14-5-4-6-19(15(14)2)28-13-17(11-21(28)29)23(30)24-12-20-25-22(27-26-20)16-7-9-18(31-3)10-8-16/h4-10,17H,11-13H2,1-3H3,(H,24,30)(H,25,26,27). The summed E-state index contributed by atoms with van der Waals surface area (Å²) >= 11 is 0. The topological polar surface area (TPSA) is 100 Å². The van der Waals surface area contributed by atoms with Crippen molar-refractivity contribution in [2.75, 3.05) is 18.6 Å². The highest BCUT2D eigenvalue weighted by Crippen LogP contribution is 2.29. The van der Waals surface area contributed by atoms with Gasteiger partial charge in [-0.05, 0) is 55.3 Å². The summed E-state index contributed by atoms with van der Waals surface area (Å²) in [6.45, 7) is 4.61. The van der Waals surface area contributed by atoms with Crippen molar-refractivity contribution in [2.24, 2.45) is 5.92 Å². The molecular formula is C23H25N5O3. The van der Waals surface area contributed by atoms with Gasteiger partial charge in [0, 0.05) is 24.2 Å². The van der Waals surface area contributed by atoms with Crippen LogP contribution in [0.5, 0.6) is 5.75 Å². The summed E-state index contributed by atoms with van der Waals surface area (Å²) in [5.41, 5.74) is 3.90. The number of aryl methyl sites for hydroxylation is 1. The predicted octanol–water partition coefficient (Wildman–Crippen LogP) is 2.77. The minimum Gasteiger partial charge on any atom is -0.497 e. The molecule has 0 saturated carbocycles. The largest absolute Gasteiger partial charge is 0.497 e. The smallest absolute Gasteiger partial charge is 0.227 e. The van der Waals surface area contributed by atoms with Crippen LogP contribution in [-0.2, 0) is 16.1 Å². The van der Waals surface area contributed by atoms with E-state index >= 15 is 0 Å². The molecule has 1 atom stereocenters. The Morgan fingerprint density at radius 1 is 1.23 bits per heavy atom. The number of benzene rings is 2. The van der Waals surface area contributed by atoms with E-state index in [1.807, 2.05) is 56.3 Å². The van der Waals surface area contributed by atoms with Crippen molar-refractivity contribution in [3.8, 4) is 17.1 Å². The molecule has 3 aromatic rings. The number of anilines is 1. The predicted molar refractivity (Wildman–Crippen MR) is 117 cm³/mol. The highest BCUT2D eigenvalue weighted by molar-refractivity contribution is 6.00. The zero-order valence-electron chi connectivity index (χ0n) is 17.8. The average Bonchev–Trinajstić information content (AvgIpc) is 3.41. The number of nitrogens with zero attached hydrogens (tertiary/aromatic N) is 3. The second kappa shape index (κ2) is 8.59. The Hall–Kier alpha value is -3.68. The first-order valence-electron chi connectivity index (χ1n) is 10.2. The minimum absolute atomic E-state index is 0.0321. The van der Waals surface area contributed by atoms with Gasteiger partial charge in [-0.2, -0.15) is 5.10 Å². The number of H-pyrrole nitrogens is 1. The molecule has 31 heavy (non-hydrogen) atoms. The monoisotopic (exact) mass is 419 g/mol. The van der Waals surface area contributed by atoms with Gasteiger partial charge in [-0.1, -0.05) is 12.1 Å². The molecular weight excluding hydrogens is 394 g/mol. The van der Waals surface area contributed by atoms with E-state index in [0.717, 1.165) is 28.1 Å². The van der Waals surface area contributed by atoms with Crippen LogP contribution in [0.4, 0.5) is 5.69 Å². The summed E-state index contributed by atoms with van der Waals surface area (Å²) in [6.07, 6.45) is 0.201. The van der Waals surface area contributed by atoms with E-state index in [4.69, 9.17) is 4.74 Å². The Morgan fingerprint density at radius 2 is 2.00 bits per heavy atom. The highest BCUT2D eigenvalue weighted by atomic mass is 16.5. The molecule has 1 unspecified atom stereocenters. The van der Waals surface area contributed by atoms with Crippen molar-refractivity contribution in [3.63, 3.8) is 0 Å². The van der Waals surface area contributed by atoms with E-state index in [-0.39, 0.29) is 24.8 Å². The molecule has 2 heterocycles. The lowest BCUT2D eigenvalue weighted by Gasteiger charge is -2.20. The maximum Gasteiger partial charge on any atom is 0.227 e. The Kier molecular flexibility index (Phi) is 5.70. The highest BCUT2D eigenvalue weighted by Gasteiger charge is 2.35. The molecule has 1 aliphatic rings. The van der Waals surface area contributed by atoms with Crippen LogP contribution in [-0.4, -0.2) is 40.7 Å². The van der Waals surface area contributed by atoms with Gasteiger partial charge in [-0.25, -0.2) is 4.98 Å². The molecule has 0 spiro atoms. The summed E-state index contributed by atoms with van der Waals surface area (Å²) in [4.78, 5) is 31.4. The zero-order chi connectivity index (χ0) is 22.0. The quantitative estimate of drug-likeness (QED) is 0.640. The van der Waals surface area contributed by atoms with E-state index < -0.39 is 5.92 Å². The van der Waals surface area contributed by atoms with Gasteiger partial charge >= 0.3 is 0 Å². The number of carbonyl (C=O) groups is 2. The van der Waals surface area contributed by atoms with Crippen LogP contribution >= 0.6 is 0 Å². The first-order valence-corrected chi connectivity index (χ1v) is 10.2. The fourth-order valence-electron chi connectivity index (χ4n) is 3.70. The van der Waals surface area contributed by atoms with Crippen molar-refractivity contribution in [1.82, 2.24) is 20.5 Å². The molecule has 0 bridgehead atoms. The Balaban J connectivity index is 1.36. The summed E-state index contributed by atoms with van der Waals surface area (Å²) < 4.78 is 5.16. The summed E-state index contributed by atoms with van der Waals surface area (Å²) in [5.74, 6) is 1.27. The van der Waals surface area contributed by atoms with Gasteiger partial charge in [0.25, 0.3) is 0 Å². The van der Waals surface area contributed by atoms with Crippen LogP contribution in [0.25, 0.3) is 11.4 Å². The van der Waals surface area contributed by atoms with Crippen molar-refractivity contribution >= 4 is 17.5 Å². The Labute approximate surface area is 180 Å². The maximum atomic E-state index is 12.7. The molecule has 8 heteroatoms. The molecule has 4 rings (SSSR count). The molecule has 1 fully saturated rings. The fraction of sp³-hybridized carbons (Fsp3) is 0.304. The van der Waals surface area contributed by atoms with Crippen LogP contribution in [0.15, 0.2) is 42.5 Å². The van der Waals surface area contributed by atoms with Gasteiger partial charge in [0.15, 0.2) is 5.82 Å². The van der Waals surface area contributed by atoms with Gasteiger partial charge in [-0.15, -0.1) is 0 Å². The minimum atomic E-state index is -0.392. The fourth-order valence-corrected chi connectivity index (χ4v) is 3.70. The van der Waals surface area contributed by atoms with E-state index in [2.05, 4.69) is 20.5 Å². The molecule has 2 aromatic carbocycles. The van der Waals surface area contributed by atoms with Gasteiger partial charge in [0.05, 0.1) is 19.6 Å². The number of aromatic nitrogens is 3. The SMILES string of the molecule is COc1ccc(-c2n[nH]c(CNC(=O)C3CC(=O)N(c4cccc(C)c4C)C3)n2)cc1. The van der Waals surface area contributed by atoms with Crippen LogP contribution in [0, 0.1) is 19.8 Å². The number of methoxy groups -OCH3 is 1. The van der Waals surface area contributed by atoms with Crippen LogP contribution in [0.2, 0.25) is 0 Å². The average molecular weight is 419 g/mol. The third kappa shape index (κ3) is 4.28. The number of hydrogen-bond acceptors (Lipinski definition) is 5. The third-order valence-electron chi connectivity index (χ3n) is 5.67. The molecule has 2 amide bonds. The third-order valence-corrected chi connectivity index (χ3v) is 5.67. The van der Waals surface area contributed by atoms with Crippen LogP contribution in [0.1, 0.15) is 23.4 Å². The van der Waals surface area contributed by atoms with Gasteiger partial charge in [-0.3, -0.25) is 14.7 Å². The van der Waals surface area contributed by atoms with Gasteiger partial charge in [0.2, 0.25) is 11.8 Å². The molecule has 1 saturated heterocycles. The molecule has 1 aromatic heterocycles. The zero-order valence-corrected chi connectivity index (χ0v) is 17.8. The lowest BCUT2D eigenvalue weighted by Crippen LogP contribution is -2.33. The molecule has 0 radical (unpaired) electrons. The Morgan fingerprint density at radius 3 is 2.74 bits per heavy atom. The van der Waals surface area contributed by atoms with Crippen molar-refractivity contribution in [3.05, 3.63) is 59.4 Å². The number of carbonyl (C=O) groups excluding carboxylic acids is 2. The first kappa shape index (κ1) is 20.6. The summed E-state index contributed by atoms with van der Waals surface area (Å²) in [5, 5.41) is 9.93. The molecule has 2 N–H and O–H groups in total.